The van der Waals surface area contributed by atoms with Crippen LogP contribution in [0, 0.1) is 13.8 Å². The first-order valence-corrected chi connectivity index (χ1v) is 14.7. The molecular formula is C32H38N4O7. The number of hydrogen-bond donors (Lipinski definition) is 2. The van der Waals surface area contributed by atoms with Crippen LogP contribution in [0.1, 0.15) is 52.5 Å². The summed E-state index contributed by atoms with van der Waals surface area (Å²) in [6.07, 6.45) is 1.18. The molecule has 11 nitrogen and oxygen atoms in total. The van der Waals surface area contributed by atoms with Crippen molar-refractivity contribution in [2.75, 3.05) is 32.8 Å². The highest BCUT2D eigenvalue weighted by Crippen LogP contribution is 2.25. The van der Waals surface area contributed by atoms with E-state index in [1.165, 1.54) is 4.90 Å². The van der Waals surface area contributed by atoms with Gasteiger partial charge < -0.3 is 34.1 Å². The average molecular weight is 591 g/mol. The lowest BCUT2D eigenvalue weighted by Gasteiger charge is -2.38. The van der Waals surface area contributed by atoms with Gasteiger partial charge in [-0.15, -0.1) is 0 Å². The lowest BCUT2D eigenvalue weighted by atomic mass is 10.0. The molecule has 1 fully saturated rings. The van der Waals surface area contributed by atoms with E-state index >= 15 is 0 Å². The van der Waals surface area contributed by atoms with Gasteiger partial charge in [0.15, 0.2) is 5.89 Å². The Morgan fingerprint density at radius 3 is 2.63 bits per heavy atom. The van der Waals surface area contributed by atoms with Crippen LogP contribution in [0.25, 0.3) is 0 Å². The zero-order chi connectivity index (χ0) is 30.3. The number of aromatic nitrogens is 1. The number of rotatable bonds is 4. The zero-order valence-electron chi connectivity index (χ0n) is 24.6. The van der Waals surface area contributed by atoms with Crippen molar-refractivity contribution in [3.63, 3.8) is 0 Å². The summed E-state index contributed by atoms with van der Waals surface area (Å²) < 4.78 is 18.0. The second kappa shape index (κ2) is 13.8. The summed E-state index contributed by atoms with van der Waals surface area (Å²) in [5.41, 5.74) is 2.39. The van der Waals surface area contributed by atoms with Crippen LogP contribution in [-0.4, -0.2) is 82.5 Å². The van der Waals surface area contributed by atoms with Crippen LogP contribution in [0.2, 0.25) is 0 Å². The third-order valence-electron chi connectivity index (χ3n) is 7.70. The van der Waals surface area contributed by atoms with Crippen molar-refractivity contribution < 1.29 is 33.4 Å². The minimum atomic E-state index is -0.527. The molecule has 3 aliphatic heterocycles. The number of nitrogens with zero attached hydrogens (tertiary/aromatic N) is 3. The predicted molar refractivity (Wildman–Crippen MR) is 157 cm³/mol. The number of aliphatic hydroxyl groups is 1. The SMILES string of the molecule is Cc1nc(C)c(C(=O)N2CC[C@@H]3OCc4cccc(c4)Oc4ccc(cc4)CCC(=O)N(CCCO)CC(=O)N[C@H]3C2)o1. The van der Waals surface area contributed by atoms with E-state index in [0.717, 1.165) is 11.1 Å². The molecule has 0 spiro atoms. The number of likely N-dealkylation sites (tertiary alicyclic amines) is 1. The van der Waals surface area contributed by atoms with Crippen molar-refractivity contribution >= 4 is 17.7 Å². The molecule has 3 aromatic rings. The number of nitrogens with one attached hydrogen (secondary N) is 1. The molecule has 228 valence electrons. The van der Waals surface area contributed by atoms with Crippen molar-refractivity contribution in [1.82, 2.24) is 20.1 Å². The van der Waals surface area contributed by atoms with Crippen LogP contribution >= 0.6 is 0 Å². The molecule has 3 amide bonds. The summed E-state index contributed by atoms with van der Waals surface area (Å²) in [5.74, 6) is 1.12. The van der Waals surface area contributed by atoms with E-state index in [0.29, 0.717) is 48.9 Å². The lowest BCUT2D eigenvalue weighted by molar-refractivity contribution is -0.137. The molecule has 43 heavy (non-hydrogen) atoms. The third kappa shape index (κ3) is 7.79. The average Bonchev–Trinajstić information content (AvgIpc) is 3.34. The normalized spacial score (nSPS) is 20.0. The molecule has 0 radical (unpaired) electrons. The van der Waals surface area contributed by atoms with Crippen LogP contribution in [0.4, 0.5) is 0 Å². The molecule has 3 aliphatic rings. The summed E-state index contributed by atoms with van der Waals surface area (Å²) in [6, 6.07) is 14.7. The first kappa shape index (κ1) is 30.2. The van der Waals surface area contributed by atoms with E-state index < -0.39 is 6.04 Å². The van der Waals surface area contributed by atoms with E-state index in [1.54, 1.807) is 18.7 Å². The Hall–Kier alpha value is -4.22. The second-order valence-electron chi connectivity index (χ2n) is 11.0. The maximum absolute atomic E-state index is 13.4. The van der Waals surface area contributed by atoms with E-state index in [-0.39, 0.29) is 68.9 Å². The standard InChI is InChI=1S/C32H38N4O7/c1-21-31(42-22(2)33-21)32(40)36-15-13-28-27(18-36)34-29(38)19-35(14-4-16-37)30(39)12-9-23-7-10-25(11-8-23)43-26-6-3-5-24(17-26)20-41-28/h3,5-8,10-11,17,27-28,37H,4,9,12-16,18-20H2,1-2H3,(H,34,38)/t27-,28-/m0/s1. The van der Waals surface area contributed by atoms with Crippen LogP contribution < -0.4 is 10.1 Å². The molecule has 4 heterocycles. The van der Waals surface area contributed by atoms with Crippen LogP contribution in [0.3, 0.4) is 0 Å². The Morgan fingerprint density at radius 1 is 1.07 bits per heavy atom. The Labute approximate surface area is 250 Å². The van der Waals surface area contributed by atoms with Gasteiger partial charge in [-0.25, -0.2) is 4.98 Å². The fraction of sp³-hybridized carbons (Fsp3) is 0.438. The van der Waals surface area contributed by atoms with Crippen LogP contribution in [-0.2, 0) is 27.4 Å². The number of amides is 3. The Balaban J connectivity index is 1.39. The first-order chi connectivity index (χ1) is 20.8. The Kier molecular flexibility index (Phi) is 9.73. The van der Waals surface area contributed by atoms with Crippen molar-refractivity contribution in [3.05, 3.63) is 77.0 Å². The molecule has 4 bridgehead atoms. The van der Waals surface area contributed by atoms with Gasteiger partial charge in [0.25, 0.3) is 5.91 Å². The fourth-order valence-corrected chi connectivity index (χ4v) is 5.48. The van der Waals surface area contributed by atoms with Crippen molar-refractivity contribution in [2.45, 2.75) is 58.3 Å². The van der Waals surface area contributed by atoms with Gasteiger partial charge in [-0.05, 0) is 61.6 Å². The molecule has 2 atom stereocenters. The van der Waals surface area contributed by atoms with Crippen LogP contribution in [0.15, 0.2) is 52.9 Å². The summed E-state index contributed by atoms with van der Waals surface area (Å²) in [4.78, 5) is 47.2. The summed E-state index contributed by atoms with van der Waals surface area (Å²) in [5, 5.41) is 12.4. The summed E-state index contributed by atoms with van der Waals surface area (Å²) in [6.45, 7) is 4.31. The quantitative estimate of drug-likeness (QED) is 0.473. The lowest BCUT2D eigenvalue weighted by Crippen LogP contribution is -2.58. The van der Waals surface area contributed by atoms with E-state index in [2.05, 4.69) is 10.3 Å². The number of ether oxygens (including phenoxy) is 2. The number of carbonyl (C=O) groups excluding carboxylic acids is 3. The van der Waals surface area contributed by atoms with E-state index in [4.69, 9.17) is 13.9 Å². The van der Waals surface area contributed by atoms with Crippen molar-refractivity contribution in [1.29, 1.82) is 0 Å². The molecule has 0 unspecified atom stereocenters. The smallest absolute Gasteiger partial charge is 0.291 e. The number of hydrogen-bond acceptors (Lipinski definition) is 8. The number of carbonyl (C=O) groups is 3. The number of piperidine rings is 1. The molecule has 2 N–H and O–H groups in total. The number of aryl methyl sites for hydroxylation is 3. The third-order valence-corrected chi connectivity index (χ3v) is 7.70. The molecular weight excluding hydrogens is 552 g/mol. The molecule has 0 saturated carbocycles. The van der Waals surface area contributed by atoms with Gasteiger partial charge in [0, 0.05) is 39.6 Å². The number of aliphatic hydroxyl groups excluding tert-OH is 1. The van der Waals surface area contributed by atoms with Gasteiger partial charge in [-0.3, -0.25) is 14.4 Å². The topological polar surface area (TPSA) is 134 Å². The second-order valence-corrected chi connectivity index (χ2v) is 11.0. The van der Waals surface area contributed by atoms with Gasteiger partial charge in [0.05, 0.1) is 31.0 Å². The maximum atomic E-state index is 13.4. The van der Waals surface area contributed by atoms with Gasteiger partial charge in [0.1, 0.15) is 11.5 Å². The van der Waals surface area contributed by atoms with E-state index in [1.807, 2.05) is 48.5 Å². The van der Waals surface area contributed by atoms with E-state index in [9.17, 15) is 19.5 Å². The summed E-state index contributed by atoms with van der Waals surface area (Å²) >= 11 is 0. The molecule has 1 aromatic heterocycles. The minimum Gasteiger partial charge on any atom is -0.457 e. The van der Waals surface area contributed by atoms with Gasteiger partial charge in [-0.2, -0.15) is 0 Å². The van der Waals surface area contributed by atoms with Crippen molar-refractivity contribution in [2.24, 2.45) is 0 Å². The Morgan fingerprint density at radius 2 is 1.88 bits per heavy atom. The molecule has 11 heteroatoms. The fourth-order valence-electron chi connectivity index (χ4n) is 5.48. The van der Waals surface area contributed by atoms with Crippen molar-refractivity contribution in [3.8, 4) is 11.5 Å². The highest BCUT2D eigenvalue weighted by atomic mass is 16.5. The number of oxazole rings is 1. The highest BCUT2D eigenvalue weighted by molar-refractivity contribution is 5.92. The molecule has 6 rings (SSSR count). The molecule has 1 saturated heterocycles. The maximum Gasteiger partial charge on any atom is 0.291 e. The molecule has 0 aliphatic carbocycles. The van der Waals surface area contributed by atoms with Gasteiger partial charge in [-0.1, -0.05) is 24.3 Å². The molecule has 2 aromatic carbocycles. The van der Waals surface area contributed by atoms with Gasteiger partial charge >= 0.3 is 0 Å². The predicted octanol–water partition coefficient (Wildman–Crippen LogP) is 3.16. The number of benzene rings is 2. The number of fused-ring (bicyclic) bond motifs is 9. The largest absolute Gasteiger partial charge is 0.457 e. The monoisotopic (exact) mass is 590 g/mol. The minimum absolute atomic E-state index is 0.0935. The van der Waals surface area contributed by atoms with Gasteiger partial charge in [0.2, 0.25) is 17.6 Å². The summed E-state index contributed by atoms with van der Waals surface area (Å²) in [7, 11) is 0. The zero-order valence-corrected chi connectivity index (χ0v) is 24.6. The Bertz CT molecular complexity index is 1440. The van der Waals surface area contributed by atoms with Crippen LogP contribution in [0.5, 0.6) is 11.5 Å². The first-order valence-electron chi connectivity index (χ1n) is 14.7. The highest BCUT2D eigenvalue weighted by Gasteiger charge is 2.35.